The van der Waals surface area contributed by atoms with Crippen molar-refractivity contribution in [3.05, 3.63) is 84.8 Å². The summed E-state index contributed by atoms with van der Waals surface area (Å²) < 4.78 is 0. The summed E-state index contributed by atoms with van der Waals surface area (Å²) >= 11 is 23.5. The van der Waals surface area contributed by atoms with Gasteiger partial charge < -0.3 is 21.3 Å². The molecule has 0 fully saturated rings. The Labute approximate surface area is 207 Å². The van der Waals surface area contributed by atoms with Crippen molar-refractivity contribution in [3.8, 4) is 0 Å². The summed E-state index contributed by atoms with van der Waals surface area (Å²) in [6, 6.07) is 11.2. The third-order valence-corrected chi connectivity index (χ3v) is 5.53. The van der Waals surface area contributed by atoms with E-state index in [0.29, 0.717) is 21.4 Å². The minimum absolute atomic E-state index is 0.148. The first kappa shape index (κ1) is 24.4. The van der Waals surface area contributed by atoms with E-state index in [1.807, 2.05) is 0 Å². The van der Waals surface area contributed by atoms with Gasteiger partial charge in [-0.3, -0.25) is 10.1 Å². The molecular weight excluding hydrogens is 516 g/mol. The first-order valence-electron chi connectivity index (χ1n) is 8.97. The summed E-state index contributed by atoms with van der Waals surface area (Å²) in [5, 5.41) is 22.4. The number of carbonyl (C=O) groups is 2. The number of amides is 4. The summed E-state index contributed by atoms with van der Waals surface area (Å²) in [6.07, 6.45) is 0. The maximum atomic E-state index is 12.3. The van der Waals surface area contributed by atoms with Crippen LogP contribution in [0.15, 0.2) is 54.6 Å². The van der Waals surface area contributed by atoms with E-state index in [1.165, 1.54) is 42.5 Å². The molecule has 0 aliphatic heterocycles. The van der Waals surface area contributed by atoms with Gasteiger partial charge >= 0.3 is 12.1 Å². The summed E-state index contributed by atoms with van der Waals surface area (Å²) in [7, 11) is 0. The molecule has 4 N–H and O–H groups in total. The molecule has 0 saturated heterocycles. The highest BCUT2D eigenvalue weighted by atomic mass is 35.5. The molecule has 3 aromatic rings. The highest BCUT2D eigenvalue weighted by Gasteiger charge is 2.18. The SMILES string of the molecule is O=C(Nc1ccc(Cl)c(Cl)c1)Nc1ccc([N+](=O)[O-])c(NC(=O)Nc2ccc(Cl)c(Cl)c2)c1. The first-order chi connectivity index (χ1) is 15.6. The number of nitrogens with one attached hydrogen (secondary N) is 4. The van der Waals surface area contributed by atoms with E-state index in [4.69, 9.17) is 46.4 Å². The van der Waals surface area contributed by atoms with Gasteiger partial charge in [-0.2, -0.15) is 0 Å². The standard InChI is InChI=1S/C20H13Cl4N5O4/c21-13-4-1-10(7-15(13)23)25-19(30)27-12-3-6-18(29(32)33)17(9-12)28-20(31)26-11-2-5-14(22)16(24)8-11/h1-9H,(H2,25,27,30)(H2,26,28,31). The van der Waals surface area contributed by atoms with Crippen molar-refractivity contribution in [3.63, 3.8) is 0 Å². The molecule has 0 radical (unpaired) electrons. The Morgan fingerprint density at radius 1 is 0.636 bits per heavy atom. The molecule has 0 aliphatic carbocycles. The Kier molecular flexibility index (Phi) is 7.83. The number of hydrogen-bond donors (Lipinski definition) is 4. The van der Waals surface area contributed by atoms with E-state index in [1.54, 1.807) is 6.07 Å². The van der Waals surface area contributed by atoms with Crippen molar-refractivity contribution in [2.75, 3.05) is 21.3 Å². The lowest BCUT2D eigenvalue weighted by molar-refractivity contribution is -0.383. The lowest BCUT2D eigenvalue weighted by atomic mass is 10.2. The number of carbonyl (C=O) groups excluding carboxylic acids is 2. The van der Waals surface area contributed by atoms with Gasteiger partial charge in [-0.05, 0) is 48.5 Å². The molecule has 0 atom stereocenters. The number of rotatable bonds is 5. The molecule has 170 valence electrons. The second-order valence-corrected chi connectivity index (χ2v) is 8.03. The molecule has 0 aliphatic rings. The van der Waals surface area contributed by atoms with Crippen molar-refractivity contribution >= 4 is 86.9 Å². The van der Waals surface area contributed by atoms with Crippen LogP contribution in [-0.2, 0) is 0 Å². The van der Waals surface area contributed by atoms with Crippen LogP contribution >= 0.6 is 46.4 Å². The van der Waals surface area contributed by atoms with Gasteiger partial charge in [0.2, 0.25) is 0 Å². The summed E-state index contributed by atoms with van der Waals surface area (Å²) in [5.74, 6) is 0. The molecule has 9 nitrogen and oxygen atoms in total. The topological polar surface area (TPSA) is 125 Å². The van der Waals surface area contributed by atoms with Crippen molar-refractivity contribution in [2.24, 2.45) is 0 Å². The monoisotopic (exact) mass is 527 g/mol. The number of nitrogens with zero attached hydrogens (tertiary/aromatic N) is 1. The van der Waals surface area contributed by atoms with Crippen molar-refractivity contribution in [2.45, 2.75) is 0 Å². The van der Waals surface area contributed by atoms with Crippen LogP contribution < -0.4 is 21.3 Å². The first-order valence-corrected chi connectivity index (χ1v) is 10.5. The van der Waals surface area contributed by atoms with Crippen LogP contribution in [0.3, 0.4) is 0 Å². The van der Waals surface area contributed by atoms with Gasteiger partial charge in [-0.25, -0.2) is 9.59 Å². The molecule has 33 heavy (non-hydrogen) atoms. The van der Waals surface area contributed by atoms with Crippen LogP contribution in [-0.4, -0.2) is 17.0 Å². The lowest BCUT2D eigenvalue weighted by Crippen LogP contribution is -2.21. The van der Waals surface area contributed by atoms with E-state index >= 15 is 0 Å². The zero-order chi connectivity index (χ0) is 24.1. The molecule has 13 heteroatoms. The van der Waals surface area contributed by atoms with Crippen molar-refractivity contribution < 1.29 is 14.5 Å². The maximum absolute atomic E-state index is 12.3. The van der Waals surface area contributed by atoms with Crippen molar-refractivity contribution in [1.29, 1.82) is 0 Å². The molecule has 0 aromatic heterocycles. The predicted molar refractivity (Wildman–Crippen MR) is 131 cm³/mol. The van der Waals surface area contributed by atoms with Crippen LogP contribution in [0.4, 0.5) is 38.0 Å². The quantitative estimate of drug-likeness (QED) is 0.202. The van der Waals surface area contributed by atoms with Crippen LogP contribution in [0.25, 0.3) is 0 Å². The third-order valence-electron chi connectivity index (χ3n) is 4.05. The van der Waals surface area contributed by atoms with Gasteiger partial charge in [0, 0.05) is 23.1 Å². The van der Waals surface area contributed by atoms with Crippen LogP contribution in [0.5, 0.6) is 0 Å². The third kappa shape index (κ3) is 6.62. The van der Waals surface area contributed by atoms with Crippen LogP contribution in [0.2, 0.25) is 20.1 Å². The summed E-state index contributed by atoms with van der Waals surface area (Å²) in [6.45, 7) is 0. The molecule has 0 spiro atoms. The molecule has 0 saturated carbocycles. The highest BCUT2D eigenvalue weighted by Crippen LogP contribution is 2.29. The van der Waals surface area contributed by atoms with Crippen LogP contribution in [0, 0.1) is 10.1 Å². The number of hydrogen-bond acceptors (Lipinski definition) is 4. The minimum Gasteiger partial charge on any atom is -0.308 e. The number of nitro groups is 1. The van der Waals surface area contributed by atoms with E-state index in [-0.39, 0.29) is 27.1 Å². The normalized spacial score (nSPS) is 10.3. The number of nitro benzene ring substituents is 1. The van der Waals surface area contributed by atoms with E-state index in [0.717, 1.165) is 6.07 Å². The summed E-state index contributed by atoms with van der Waals surface area (Å²) in [5.41, 5.74) is 0.352. The van der Waals surface area contributed by atoms with Gasteiger partial charge in [0.05, 0.1) is 25.0 Å². The van der Waals surface area contributed by atoms with Gasteiger partial charge in [-0.15, -0.1) is 0 Å². The molecular formula is C20H13Cl4N5O4. The molecule has 4 amide bonds. The molecule has 3 aromatic carbocycles. The van der Waals surface area contributed by atoms with Gasteiger partial charge in [0.1, 0.15) is 5.69 Å². The molecule has 0 heterocycles. The van der Waals surface area contributed by atoms with E-state index < -0.39 is 17.0 Å². The predicted octanol–water partition coefficient (Wildman–Crippen LogP) is 7.50. The second kappa shape index (κ2) is 10.6. The Morgan fingerprint density at radius 3 is 1.52 bits per heavy atom. The molecule has 0 unspecified atom stereocenters. The van der Waals surface area contributed by atoms with Gasteiger partial charge in [0.15, 0.2) is 0 Å². The van der Waals surface area contributed by atoms with E-state index in [9.17, 15) is 19.7 Å². The zero-order valence-electron chi connectivity index (χ0n) is 16.3. The van der Waals surface area contributed by atoms with Gasteiger partial charge in [0.25, 0.3) is 5.69 Å². The van der Waals surface area contributed by atoms with Crippen LogP contribution in [0.1, 0.15) is 0 Å². The zero-order valence-corrected chi connectivity index (χ0v) is 19.3. The minimum atomic E-state index is -0.770. The molecule has 0 bridgehead atoms. The highest BCUT2D eigenvalue weighted by molar-refractivity contribution is 6.42. The Hall–Kier alpha value is -3.24. The fourth-order valence-electron chi connectivity index (χ4n) is 2.60. The fourth-order valence-corrected chi connectivity index (χ4v) is 3.20. The number of anilines is 4. The Morgan fingerprint density at radius 2 is 1.06 bits per heavy atom. The largest absolute Gasteiger partial charge is 0.323 e. The molecule has 3 rings (SSSR count). The second-order valence-electron chi connectivity index (χ2n) is 6.41. The van der Waals surface area contributed by atoms with Crippen molar-refractivity contribution in [1.82, 2.24) is 0 Å². The van der Waals surface area contributed by atoms with Gasteiger partial charge in [-0.1, -0.05) is 46.4 Å². The van der Waals surface area contributed by atoms with E-state index in [2.05, 4.69) is 21.3 Å². The smallest absolute Gasteiger partial charge is 0.308 e. The average Bonchev–Trinajstić information content (AvgIpc) is 2.73. The Balaban J connectivity index is 1.73. The number of benzene rings is 3. The fraction of sp³-hybridized carbons (Fsp3) is 0. The number of urea groups is 2. The number of halogens is 4. The Bertz CT molecular complexity index is 1260. The average molecular weight is 529 g/mol. The maximum Gasteiger partial charge on any atom is 0.323 e. The lowest BCUT2D eigenvalue weighted by Gasteiger charge is -2.12. The summed E-state index contributed by atoms with van der Waals surface area (Å²) in [4.78, 5) is 35.3.